The Balaban J connectivity index is 2.10. The van der Waals surface area contributed by atoms with E-state index in [0.717, 1.165) is 5.56 Å². The van der Waals surface area contributed by atoms with Gasteiger partial charge in [-0.2, -0.15) is 0 Å². The van der Waals surface area contributed by atoms with Gasteiger partial charge < -0.3 is 9.47 Å². The zero-order valence-corrected chi connectivity index (χ0v) is 13.8. The van der Waals surface area contributed by atoms with Crippen molar-refractivity contribution in [3.63, 3.8) is 0 Å². The number of hydrogen-bond donors (Lipinski definition) is 0. The molecule has 1 aliphatic rings. The summed E-state index contributed by atoms with van der Waals surface area (Å²) in [6, 6.07) is 18.4. The van der Waals surface area contributed by atoms with E-state index in [-0.39, 0.29) is 6.42 Å². The number of benzene rings is 2. The lowest BCUT2D eigenvalue weighted by atomic mass is 9.74. The van der Waals surface area contributed by atoms with Gasteiger partial charge in [-0.05, 0) is 11.1 Å². The Bertz CT molecular complexity index is 719. The van der Waals surface area contributed by atoms with Crippen molar-refractivity contribution in [3.05, 3.63) is 71.8 Å². The highest BCUT2D eigenvalue weighted by Gasteiger charge is 2.58. The van der Waals surface area contributed by atoms with Crippen LogP contribution in [0, 0.1) is 0 Å². The third-order valence-electron chi connectivity index (χ3n) is 4.54. The van der Waals surface area contributed by atoms with Gasteiger partial charge in [0.2, 0.25) is 0 Å². The number of rotatable bonds is 4. The molecule has 0 saturated carbocycles. The van der Waals surface area contributed by atoms with Crippen molar-refractivity contribution in [1.29, 1.82) is 0 Å². The van der Waals surface area contributed by atoms with Gasteiger partial charge in [-0.3, -0.25) is 9.59 Å². The van der Waals surface area contributed by atoms with E-state index in [4.69, 9.17) is 9.47 Å². The summed E-state index contributed by atoms with van der Waals surface area (Å²) in [5.74, 6) is -2.32. The molecule has 4 nitrogen and oxygen atoms in total. The quantitative estimate of drug-likeness (QED) is 0.639. The molecule has 0 aliphatic carbocycles. The molecule has 0 aromatic heterocycles. The topological polar surface area (TPSA) is 52.6 Å². The Kier molecular flexibility index (Phi) is 4.14. The lowest BCUT2D eigenvalue weighted by Gasteiger charge is -2.41. The molecule has 0 radical (unpaired) electrons. The predicted molar refractivity (Wildman–Crippen MR) is 89.1 cm³/mol. The standard InChI is InChI=1S/C20H20O4/c1-3-19(2)23-17(21)20(18(22)24-19,16-12-8-5-9-13-16)14-15-10-6-4-7-11-15/h4-13H,3,14H2,1-2H3. The van der Waals surface area contributed by atoms with Crippen molar-refractivity contribution >= 4 is 11.9 Å². The summed E-state index contributed by atoms with van der Waals surface area (Å²) in [7, 11) is 0. The Morgan fingerprint density at radius 3 is 1.83 bits per heavy atom. The fraction of sp³-hybridized carbons (Fsp3) is 0.300. The number of carbonyl (C=O) groups is 2. The second kappa shape index (κ2) is 6.11. The molecule has 124 valence electrons. The Hall–Kier alpha value is -2.62. The van der Waals surface area contributed by atoms with Crippen LogP contribution in [-0.4, -0.2) is 17.7 Å². The highest BCUT2D eigenvalue weighted by Crippen LogP contribution is 2.39. The molecule has 1 heterocycles. The fourth-order valence-electron chi connectivity index (χ4n) is 2.92. The van der Waals surface area contributed by atoms with Crippen LogP contribution < -0.4 is 0 Å². The molecule has 0 amide bonds. The van der Waals surface area contributed by atoms with Gasteiger partial charge in [-0.1, -0.05) is 67.6 Å². The van der Waals surface area contributed by atoms with E-state index in [9.17, 15) is 9.59 Å². The Morgan fingerprint density at radius 2 is 1.33 bits per heavy atom. The fourth-order valence-corrected chi connectivity index (χ4v) is 2.92. The van der Waals surface area contributed by atoms with Gasteiger partial charge in [0.15, 0.2) is 5.41 Å². The number of cyclic esters (lactones) is 2. The molecule has 2 aromatic carbocycles. The van der Waals surface area contributed by atoms with Crippen LogP contribution in [0.5, 0.6) is 0 Å². The first-order chi connectivity index (χ1) is 11.5. The minimum Gasteiger partial charge on any atom is -0.422 e. The molecule has 2 aromatic rings. The molecule has 0 unspecified atom stereocenters. The Morgan fingerprint density at radius 1 is 0.833 bits per heavy atom. The number of hydrogen-bond acceptors (Lipinski definition) is 4. The lowest BCUT2D eigenvalue weighted by molar-refractivity contribution is -0.250. The van der Waals surface area contributed by atoms with Crippen LogP contribution in [0.15, 0.2) is 60.7 Å². The summed E-state index contributed by atoms with van der Waals surface area (Å²) < 4.78 is 11.1. The monoisotopic (exact) mass is 324 g/mol. The third-order valence-corrected chi connectivity index (χ3v) is 4.54. The SMILES string of the molecule is CCC1(C)OC(=O)C(Cc2ccccc2)(c2ccccc2)C(=O)O1. The zero-order valence-electron chi connectivity index (χ0n) is 13.8. The van der Waals surface area contributed by atoms with Gasteiger partial charge in [-0.25, -0.2) is 0 Å². The van der Waals surface area contributed by atoms with E-state index in [1.807, 2.05) is 43.3 Å². The van der Waals surface area contributed by atoms with E-state index in [1.165, 1.54) is 0 Å². The van der Waals surface area contributed by atoms with E-state index < -0.39 is 23.1 Å². The highest BCUT2D eigenvalue weighted by molar-refractivity contribution is 6.08. The smallest absolute Gasteiger partial charge is 0.331 e. The molecule has 1 saturated heterocycles. The summed E-state index contributed by atoms with van der Waals surface area (Å²) in [6.45, 7) is 3.42. The predicted octanol–water partition coefficient (Wildman–Crippen LogP) is 3.39. The molecule has 0 bridgehead atoms. The molecule has 0 N–H and O–H groups in total. The maximum Gasteiger partial charge on any atom is 0.331 e. The van der Waals surface area contributed by atoms with E-state index in [2.05, 4.69) is 0 Å². The van der Waals surface area contributed by atoms with Gasteiger partial charge in [0.25, 0.3) is 5.79 Å². The first-order valence-electron chi connectivity index (χ1n) is 8.06. The zero-order chi connectivity index (χ0) is 17.2. The highest BCUT2D eigenvalue weighted by atomic mass is 16.7. The van der Waals surface area contributed by atoms with Crippen LogP contribution in [0.25, 0.3) is 0 Å². The van der Waals surface area contributed by atoms with E-state index >= 15 is 0 Å². The molecule has 0 atom stereocenters. The molecular formula is C20H20O4. The summed E-state index contributed by atoms with van der Waals surface area (Å²) in [6.07, 6.45) is 0.607. The van der Waals surface area contributed by atoms with E-state index in [1.54, 1.807) is 31.2 Å². The van der Waals surface area contributed by atoms with Crippen LogP contribution in [-0.2, 0) is 30.9 Å². The maximum absolute atomic E-state index is 13.0. The van der Waals surface area contributed by atoms with Crippen molar-refractivity contribution in [2.75, 3.05) is 0 Å². The maximum atomic E-state index is 13.0. The van der Waals surface area contributed by atoms with Crippen LogP contribution in [0.4, 0.5) is 0 Å². The van der Waals surface area contributed by atoms with Crippen molar-refractivity contribution < 1.29 is 19.1 Å². The van der Waals surface area contributed by atoms with E-state index in [0.29, 0.717) is 12.0 Å². The van der Waals surface area contributed by atoms with Crippen LogP contribution in [0.1, 0.15) is 31.4 Å². The van der Waals surface area contributed by atoms with Gasteiger partial charge in [-0.15, -0.1) is 0 Å². The summed E-state index contributed by atoms with van der Waals surface area (Å²) in [4.78, 5) is 26.0. The Labute approximate surface area is 141 Å². The van der Waals surface area contributed by atoms with Gasteiger partial charge in [0.05, 0.1) is 0 Å². The average Bonchev–Trinajstić information content (AvgIpc) is 2.60. The molecule has 1 aliphatic heterocycles. The summed E-state index contributed by atoms with van der Waals surface area (Å²) >= 11 is 0. The van der Waals surface area contributed by atoms with Crippen molar-refractivity contribution in [3.8, 4) is 0 Å². The largest absolute Gasteiger partial charge is 0.422 e. The molecule has 0 spiro atoms. The van der Waals surface area contributed by atoms with Crippen LogP contribution in [0.3, 0.4) is 0 Å². The van der Waals surface area contributed by atoms with Crippen molar-refractivity contribution in [2.24, 2.45) is 0 Å². The number of ether oxygens (including phenoxy) is 2. The minimum atomic E-state index is -1.47. The summed E-state index contributed by atoms with van der Waals surface area (Å²) in [5.41, 5.74) is -0.0190. The lowest BCUT2D eigenvalue weighted by Crippen LogP contribution is -2.58. The normalized spacial score (nSPS) is 26.6. The second-order valence-corrected chi connectivity index (χ2v) is 6.20. The minimum absolute atomic E-state index is 0.204. The van der Waals surface area contributed by atoms with Crippen molar-refractivity contribution in [1.82, 2.24) is 0 Å². The van der Waals surface area contributed by atoms with Crippen LogP contribution >= 0.6 is 0 Å². The molecular weight excluding hydrogens is 304 g/mol. The second-order valence-electron chi connectivity index (χ2n) is 6.20. The number of esters is 2. The molecule has 24 heavy (non-hydrogen) atoms. The first kappa shape index (κ1) is 16.2. The molecule has 4 heteroatoms. The van der Waals surface area contributed by atoms with Crippen LogP contribution in [0.2, 0.25) is 0 Å². The first-order valence-corrected chi connectivity index (χ1v) is 8.06. The van der Waals surface area contributed by atoms with Gasteiger partial charge >= 0.3 is 11.9 Å². The van der Waals surface area contributed by atoms with Gasteiger partial charge in [0, 0.05) is 19.8 Å². The molecule has 1 fully saturated rings. The van der Waals surface area contributed by atoms with Gasteiger partial charge in [0.1, 0.15) is 0 Å². The average molecular weight is 324 g/mol. The number of carbonyl (C=O) groups excluding carboxylic acids is 2. The summed E-state index contributed by atoms with van der Waals surface area (Å²) in [5, 5.41) is 0. The van der Waals surface area contributed by atoms with Crippen molar-refractivity contribution in [2.45, 2.75) is 37.9 Å². The molecule has 3 rings (SSSR count). The third kappa shape index (κ3) is 2.68.